The van der Waals surface area contributed by atoms with Crippen LogP contribution in [0.15, 0.2) is 79.4 Å². The molecule has 1 aliphatic rings. The van der Waals surface area contributed by atoms with Crippen molar-refractivity contribution < 1.29 is 19.1 Å². The summed E-state index contributed by atoms with van der Waals surface area (Å²) in [5, 5.41) is 8.59. The van der Waals surface area contributed by atoms with Crippen LogP contribution in [0.1, 0.15) is 31.9 Å². The number of carbonyl (C=O) groups is 3. The molecule has 4 amide bonds. The molecule has 0 aliphatic carbocycles. The Morgan fingerprint density at radius 2 is 1.73 bits per heavy atom. The van der Waals surface area contributed by atoms with Crippen molar-refractivity contribution in [2.24, 2.45) is 0 Å². The molecule has 3 aromatic carbocycles. The summed E-state index contributed by atoms with van der Waals surface area (Å²) < 4.78 is 5.54. The first-order chi connectivity index (χ1) is 17.6. The van der Waals surface area contributed by atoms with Crippen molar-refractivity contribution >= 4 is 40.5 Å². The van der Waals surface area contributed by atoms with Crippen LogP contribution >= 0.6 is 0 Å². The van der Waals surface area contributed by atoms with Crippen molar-refractivity contribution in [2.45, 2.75) is 26.3 Å². The van der Waals surface area contributed by atoms with Gasteiger partial charge in [-0.15, -0.1) is 0 Å². The highest BCUT2D eigenvalue weighted by atomic mass is 16.5. The number of rotatable bonds is 7. The van der Waals surface area contributed by atoms with Crippen molar-refractivity contribution in [2.75, 3.05) is 28.7 Å². The van der Waals surface area contributed by atoms with Gasteiger partial charge in [0, 0.05) is 11.4 Å². The molecule has 1 aliphatic heterocycles. The van der Waals surface area contributed by atoms with Crippen LogP contribution in [-0.4, -0.2) is 31.0 Å². The van der Waals surface area contributed by atoms with Gasteiger partial charge in [-0.05, 0) is 68.3 Å². The molecule has 8 heteroatoms. The molecule has 37 heavy (non-hydrogen) atoms. The lowest BCUT2D eigenvalue weighted by Crippen LogP contribution is -2.44. The average molecular weight is 499 g/mol. The fourth-order valence-corrected chi connectivity index (χ4v) is 4.01. The van der Waals surface area contributed by atoms with E-state index >= 15 is 0 Å². The molecule has 0 atom stereocenters. The summed E-state index contributed by atoms with van der Waals surface area (Å²) in [6.07, 6.45) is 0. The Hall–Kier alpha value is -4.59. The van der Waals surface area contributed by atoms with Crippen LogP contribution in [0.4, 0.5) is 21.9 Å². The lowest BCUT2D eigenvalue weighted by atomic mass is 9.92. The Morgan fingerprint density at radius 3 is 2.46 bits per heavy atom. The van der Waals surface area contributed by atoms with Crippen molar-refractivity contribution in [1.29, 1.82) is 0 Å². The molecule has 4 rings (SSSR count). The fourth-order valence-electron chi connectivity index (χ4n) is 4.01. The van der Waals surface area contributed by atoms with Crippen LogP contribution in [0.25, 0.3) is 5.57 Å². The molecular formula is C29H30N4O4. The van der Waals surface area contributed by atoms with E-state index in [2.05, 4.69) is 22.5 Å². The molecule has 0 aromatic heterocycles. The van der Waals surface area contributed by atoms with E-state index in [0.717, 1.165) is 16.7 Å². The van der Waals surface area contributed by atoms with E-state index < -0.39 is 11.6 Å². The van der Waals surface area contributed by atoms with Crippen molar-refractivity contribution in [1.82, 2.24) is 5.32 Å². The number of ether oxygens (including phenoxy) is 1. The van der Waals surface area contributed by atoms with Gasteiger partial charge in [0.25, 0.3) is 5.91 Å². The average Bonchev–Trinajstić information content (AvgIpc) is 2.86. The molecule has 0 spiro atoms. The van der Waals surface area contributed by atoms with Gasteiger partial charge in [0.2, 0.25) is 5.91 Å². The number of carbonyl (C=O) groups excluding carboxylic acids is 3. The van der Waals surface area contributed by atoms with Gasteiger partial charge in [0.05, 0.1) is 11.2 Å². The summed E-state index contributed by atoms with van der Waals surface area (Å²) in [6.45, 7) is 9.39. The summed E-state index contributed by atoms with van der Waals surface area (Å²) in [5.74, 6) is -0.243. The summed E-state index contributed by atoms with van der Waals surface area (Å²) >= 11 is 0. The topological polar surface area (TPSA) is 99.8 Å². The predicted octanol–water partition coefficient (Wildman–Crippen LogP) is 5.14. The molecule has 0 unspecified atom stereocenters. The second kappa shape index (κ2) is 10.6. The quantitative estimate of drug-likeness (QED) is 0.420. The third-order valence-electron chi connectivity index (χ3n) is 6.02. The highest BCUT2D eigenvalue weighted by Crippen LogP contribution is 2.34. The SMILES string of the molecule is C=C(C)c1cccc(C(C)(C)NC(=O)Nc2ccc3c(c2)N(CC(=O)Nc2ccccc2)C(=O)CO3)c1. The van der Waals surface area contributed by atoms with Gasteiger partial charge in [0.1, 0.15) is 12.3 Å². The van der Waals surface area contributed by atoms with Crippen molar-refractivity contribution in [3.8, 4) is 5.75 Å². The number of amides is 4. The Bertz CT molecular complexity index is 1350. The normalized spacial score (nSPS) is 12.7. The minimum Gasteiger partial charge on any atom is -0.482 e. The van der Waals surface area contributed by atoms with Crippen LogP contribution in [0.2, 0.25) is 0 Å². The van der Waals surface area contributed by atoms with Gasteiger partial charge in [-0.3, -0.25) is 14.5 Å². The van der Waals surface area contributed by atoms with E-state index in [0.29, 0.717) is 22.8 Å². The molecule has 3 aromatic rings. The van der Waals surface area contributed by atoms with E-state index in [1.165, 1.54) is 4.90 Å². The minimum atomic E-state index is -0.662. The first-order valence-corrected chi connectivity index (χ1v) is 11.9. The molecule has 0 saturated heterocycles. The van der Waals surface area contributed by atoms with E-state index in [1.54, 1.807) is 30.3 Å². The van der Waals surface area contributed by atoms with Crippen LogP contribution in [-0.2, 0) is 15.1 Å². The number of benzene rings is 3. The van der Waals surface area contributed by atoms with Gasteiger partial charge in [-0.1, -0.05) is 48.6 Å². The van der Waals surface area contributed by atoms with Crippen LogP contribution in [0, 0.1) is 0 Å². The summed E-state index contributed by atoms with van der Waals surface area (Å²) in [7, 11) is 0. The predicted molar refractivity (Wildman–Crippen MR) is 146 cm³/mol. The number of nitrogens with one attached hydrogen (secondary N) is 3. The van der Waals surface area contributed by atoms with E-state index in [4.69, 9.17) is 4.74 Å². The number of hydrogen-bond acceptors (Lipinski definition) is 4. The van der Waals surface area contributed by atoms with Gasteiger partial charge < -0.3 is 20.7 Å². The van der Waals surface area contributed by atoms with E-state index in [9.17, 15) is 14.4 Å². The minimum absolute atomic E-state index is 0.170. The zero-order valence-corrected chi connectivity index (χ0v) is 21.1. The van der Waals surface area contributed by atoms with Gasteiger partial charge in [-0.2, -0.15) is 0 Å². The number of para-hydroxylation sites is 1. The lowest BCUT2D eigenvalue weighted by Gasteiger charge is -2.30. The molecule has 0 fully saturated rings. The second-order valence-electron chi connectivity index (χ2n) is 9.43. The van der Waals surface area contributed by atoms with Crippen LogP contribution in [0.3, 0.4) is 0 Å². The van der Waals surface area contributed by atoms with Crippen molar-refractivity contribution in [3.05, 3.63) is 90.5 Å². The van der Waals surface area contributed by atoms with Crippen LogP contribution < -0.4 is 25.6 Å². The Kier molecular flexibility index (Phi) is 7.29. The fraction of sp³-hybridized carbons (Fsp3) is 0.207. The highest BCUT2D eigenvalue weighted by Gasteiger charge is 2.28. The third-order valence-corrected chi connectivity index (χ3v) is 6.02. The second-order valence-corrected chi connectivity index (χ2v) is 9.43. The van der Waals surface area contributed by atoms with Gasteiger partial charge >= 0.3 is 6.03 Å². The molecule has 0 saturated carbocycles. The number of allylic oxidation sites excluding steroid dienone is 1. The maximum Gasteiger partial charge on any atom is 0.319 e. The zero-order chi connectivity index (χ0) is 26.6. The maximum absolute atomic E-state index is 12.9. The lowest BCUT2D eigenvalue weighted by molar-refractivity contribution is -0.123. The number of nitrogens with zero attached hydrogens (tertiary/aromatic N) is 1. The molecule has 0 bridgehead atoms. The Balaban J connectivity index is 1.47. The first kappa shape index (κ1) is 25.5. The summed E-state index contributed by atoms with van der Waals surface area (Å²) in [5.41, 5.74) is 3.71. The molecule has 3 N–H and O–H groups in total. The number of hydrogen-bond donors (Lipinski definition) is 3. The third kappa shape index (κ3) is 6.16. The van der Waals surface area contributed by atoms with E-state index in [-0.39, 0.29) is 25.0 Å². The van der Waals surface area contributed by atoms with Crippen LogP contribution in [0.5, 0.6) is 5.75 Å². The first-order valence-electron chi connectivity index (χ1n) is 11.9. The molecule has 190 valence electrons. The Morgan fingerprint density at radius 1 is 0.973 bits per heavy atom. The number of urea groups is 1. The molecule has 8 nitrogen and oxygen atoms in total. The van der Waals surface area contributed by atoms with Gasteiger partial charge in [0.15, 0.2) is 6.61 Å². The van der Waals surface area contributed by atoms with Crippen molar-refractivity contribution in [3.63, 3.8) is 0 Å². The largest absolute Gasteiger partial charge is 0.482 e. The Labute approximate surface area is 216 Å². The van der Waals surface area contributed by atoms with E-state index in [1.807, 2.05) is 63.2 Å². The van der Waals surface area contributed by atoms with Gasteiger partial charge in [-0.25, -0.2) is 4.79 Å². The summed E-state index contributed by atoms with van der Waals surface area (Å²) in [6, 6.07) is 21.4. The standard InChI is InChI=1S/C29H30N4O4/c1-19(2)20-9-8-10-21(15-20)29(3,4)32-28(36)31-23-13-14-25-24(16-23)33(27(35)18-37-25)17-26(34)30-22-11-6-5-7-12-22/h5-16H,1,17-18H2,2-4H3,(H,30,34)(H2,31,32,36). The number of fused-ring (bicyclic) bond motifs is 1. The molecular weight excluding hydrogens is 468 g/mol. The molecule has 1 heterocycles. The maximum atomic E-state index is 12.9. The highest BCUT2D eigenvalue weighted by molar-refractivity contribution is 6.05. The zero-order valence-electron chi connectivity index (χ0n) is 21.1. The summed E-state index contributed by atoms with van der Waals surface area (Å²) in [4.78, 5) is 39.5. The molecule has 0 radical (unpaired) electrons. The monoisotopic (exact) mass is 498 g/mol. The smallest absolute Gasteiger partial charge is 0.319 e. The number of anilines is 3.